The van der Waals surface area contributed by atoms with Gasteiger partial charge in [-0.05, 0) is 18.6 Å². The van der Waals surface area contributed by atoms with Crippen molar-refractivity contribution in [1.82, 2.24) is 4.98 Å². The van der Waals surface area contributed by atoms with Crippen LogP contribution in [-0.4, -0.2) is 12.0 Å². The zero-order valence-corrected chi connectivity index (χ0v) is 10.3. The summed E-state index contributed by atoms with van der Waals surface area (Å²) in [6, 6.07) is 4.52. The Hall–Kier alpha value is -2.24. The molecule has 1 aromatic carbocycles. The second-order valence-electron chi connectivity index (χ2n) is 3.87. The van der Waals surface area contributed by atoms with Crippen LogP contribution in [0.25, 0.3) is 0 Å². The van der Waals surface area contributed by atoms with Gasteiger partial charge in [0.2, 0.25) is 0 Å². The second kappa shape index (κ2) is 5.17. The van der Waals surface area contributed by atoms with Crippen molar-refractivity contribution in [3.63, 3.8) is 0 Å². The van der Waals surface area contributed by atoms with Gasteiger partial charge in [-0.2, -0.15) is 4.98 Å². The Morgan fingerprint density at radius 3 is 2.53 bits per heavy atom. The third-order valence-corrected chi connectivity index (χ3v) is 2.49. The number of hydrogen-bond acceptors (Lipinski definition) is 3. The fraction of sp³-hybridized carbons (Fsp3) is 0.154. The summed E-state index contributed by atoms with van der Waals surface area (Å²) >= 11 is 0. The number of aromatic nitrogens is 1. The summed E-state index contributed by atoms with van der Waals surface area (Å²) in [7, 11) is 1.44. The molecule has 0 fully saturated rings. The van der Waals surface area contributed by atoms with Crippen LogP contribution < -0.4 is 10.1 Å². The number of nitrogens with zero attached hydrogens (tertiary/aromatic N) is 1. The van der Waals surface area contributed by atoms with Crippen LogP contribution in [0.4, 0.5) is 19.0 Å². The van der Waals surface area contributed by atoms with Gasteiger partial charge >= 0.3 is 0 Å². The predicted molar refractivity (Wildman–Crippen MR) is 64.9 cm³/mol. The molecule has 1 aromatic heterocycles. The lowest BCUT2D eigenvalue weighted by Gasteiger charge is -2.10. The molecule has 0 saturated carbocycles. The highest BCUT2D eigenvalue weighted by Crippen LogP contribution is 2.28. The Labute approximate surface area is 108 Å². The molecule has 3 nitrogen and oxygen atoms in total. The maximum absolute atomic E-state index is 13.5. The monoisotopic (exact) mass is 268 g/mol. The summed E-state index contributed by atoms with van der Waals surface area (Å²) in [5.74, 6) is -2.74. The van der Waals surface area contributed by atoms with Crippen molar-refractivity contribution in [2.45, 2.75) is 6.92 Å². The third kappa shape index (κ3) is 2.78. The smallest absolute Gasteiger partial charge is 0.258 e. The summed E-state index contributed by atoms with van der Waals surface area (Å²) in [5.41, 5.74) is 0.609. The molecule has 0 aliphatic rings. The molecular weight excluding hydrogens is 257 g/mol. The average molecular weight is 268 g/mol. The standard InChI is InChI=1S/C13H11F3N2O/c1-7-3-4-8(14)5-11(7)19-13-10(16)6-9(15)12(17-2)18-13/h3-6H,1-2H3,(H,17,18). The van der Waals surface area contributed by atoms with Gasteiger partial charge in [0.05, 0.1) is 0 Å². The van der Waals surface area contributed by atoms with Crippen molar-refractivity contribution in [1.29, 1.82) is 0 Å². The molecule has 0 atom stereocenters. The van der Waals surface area contributed by atoms with Crippen LogP contribution in [-0.2, 0) is 0 Å². The van der Waals surface area contributed by atoms with Gasteiger partial charge in [-0.15, -0.1) is 0 Å². The number of ether oxygens (including phenoxy) is 1. The van der Waals surface area contributed by atoms with Crippen molar-refractivity contribution in [2.75, 3.05) is 12.4 Å². The lowest BCUT2D eigenvalue weighted by molar-refractivity contribution is 0.413. The average Bonchev–Trinajstić information content (AvgIpc) is 2.37. The van der Waals surface area contributed by atoms with Crippen LogP contribution >= 0.6 is 0 Å². The number of aryl methyl sites for hydroxylation is 1. The van der Waals surface area contributed by atoms with E-state index < -0.39 is 23.3 Å². The molecule has 0 amide bonds. The maximum Gasteiger partial charge on any atom is 0.258 e. The Bertz CT molecular complexity index is 617. The number of benzene rings is 1. The van der Waals surface area contributed by atoms with Crippen LogP contribution in [0, 0.1) is 24.4 Å². The van der Waals surface area contributed by atoms with E-state index in [9.17, 15) is 13.2 Å². The highest BCUT2D eigenvalue weighted by Gasteiger charge is 2.14. The Morgan fingerprint density at radius 1 is 1.11 bits per heavy atom. The van der Waals surface area contributed by atoms with Gasteiger partial charge in [0.15, 0.2) is 17.5 Å². The summed E-state index contributed by atoms with van der Waals surface area (Å²) in [5, 5.41) is 2.47. The van der Waals surface area contributed by atoms with E-state index >= 15 is 0 Å². The summed E-state index contributed by atoms with van der Waals surface area (Å²) in [4.78, 5) is 3.65. The molecule has 0 unspecified atom stereocenters. The van der Waals surface area contributed by atoms with Crippen LogP contribution in [0.5, 0.6) is 11.6 Å². The van der Waals surface area contributed by atoms with Gasteiger partial charge in [0.25, 0.3) is 5.88 Å². The van der Waals surface area contributed by atoms with Crippen LogP contribution in [0.2, 0.25) is 0 Å². The molecule has 6 heteroatoms. The van der Waals surface area contributed by atoms with E-state index in [4.69, 9.17) is 4.74 Å². The van der Waals surface area contributed by atoms with Crippen molar-refractivity contribution < 1.29 is 17.9 Å². The molecule has 0 spiro atoms. The molecule has 1 N–H and O–H groups in total. The first kappa shape index (κ1) is 13.2. The lowest BCUT2D eigenvalue weighted by Crippen LogP contribution is -2.01. The first-order chi connectivity index (χ1) is 9.01. The van der Waals surface area contributed by atoms with Gasteiger partial charge in [-0.3, -0.25) is 0 Å². The van der Waals surface area contributed by atoms with Crippen LogP contribution in [0.1, 0.15) is 5.56 Å². The minimum atomic E-state index is -0.958. The molecule has 19 heavy (non-hydrogen) atoms. The highest BCUT2D eigenvalue weighted by atomic mass is 19.1. The van der Waals surface area contributed by atoms with Crippen molar-refractivity contribution in [3.8, 4) is 11.6 Å². The molecule has 2 aromatic rings. The zero-order valence-electron chi connectivity index (χ0n) is 10.3. The number of anilines is 1. The van der Waals surface area contributed by atoms with E-state index in [1.54, 1.807) is 6.92 Å². The molecule has 0 aliphatic carbocycles. The number of rotatable bonds is 3. The quantitative estimate of drug-likeness (QED) is 0.922. The fourth-order valence-corrected chi connectivity index (χ4v) is 1.48. The predicted octanol–water partition coefficient (Wildman–Crippen LogP) is 3.64. The summed E-state index contributed by atoms with van der Waals surface area (Å²) < 4.78 is 45.0. The van der Waals surface area contributed by atoms with E-state index in [2.05, 4.69) is 10.3 Å². The highest BCUT2D eigenvalue weighted by molar-refractivity contribution is 5.41. The zero-order chi connectivity index (χ0) is 14.0. The molecule has 2 rings (SSSR count). The van der Waals surface area contributed by atoms with E-state index in [-0.39, 0.29) is 11.6 Å². The molecule has 0 bridgehead atoms. The van der Waals surface area contributed by atoms with E-state index in [1.165, 1.54) is 19.2 Å². The minimum Gasteiger partial charge on any atom is -0.436 e. The number of nitrogens with one attached hydrogen (secondary N) is 1. The van der Waals surface area contributed by atoms with Crippen molar-refractivity contribution >= 4 is 5.82 Å². The van der Waals surface area contributed by atoms with Gasteiger partial charge in [-0.25, -0.2) is 13.2 Å². The molecule has 0 radical (unpaired) electrons. The maximum atomic E-state index is 13.5. The Balaban J connectivity index is 2.40. The molecule has 1 heterocycles. The molecule has 0 saturated heterocycles. The topological polar surface area (TPSA) is 34.2 Å². The van der Waals surface area contributed by atoms with E-state index in [0.29, 0.717) is 11.6 Å². The largest absolute Gasteiger partial charge is 0.436 e. The number of pyridine rings is 1. The van der Waals surface area contributed by atoms with Crippen molar-refractivity contribution in [2.24, 2.45) is 0 Å². The first-order valence-corrected chi connectivity index (χ1v) is 5.49. The minimum absolute atomic E-state index is 0.125. The first-order valence-electron chi connectivity index (χ1n) is 5.49. The Morgan fingerprint density at radius 2 is 1.84 bits per heavy atom. The van der Waals surface area contributed by atoms with Crippen molar-refractivity contribution in [3.05, 3.63) is 47.3 Å². The fourth-order valence-electron chi connectivity index (χ4n) is 1.48. The van der Waals surface area contributed by atoms with Gasteiger partial charge in [0.1, 0.15) is 11.6 Å². The normalized spacial score (nSPS) is 10.4. The number of hydrogen-bond donors (Lipinski definition) is 1. The van der Waals surface area contributed by atoms with E-state index in [1.807, 2.05) is 0 Å². The molecule has 100 valence electrons. The SMILES string of the molecule is CNc1nc(Oc2cc(F)ccc2C)c(F)cc1F. The number of halogens is 3. The Kier molecular flexibility index (Phi) is 3.59. The van der Waals surface area contributed by atoms with Crippen LogP contribution in [0.15, 0.2) is 24.3 Å². The van der Waals surface area contributed by atoms with E-state index in [0.717, 1.165) is 6.07 Å². The molecular formula is C13H11F3N2O. The van der Waals surface area contributed by atoms with Gasteiger partial charge < -0.3 is 10.1 Å². The summed E-state index contributed by atoms with van der Waals surface area (Å²) in [6.45, 7) is 1.68. The van der Waals surface area contributed by atoms with Gasteiger partial charge in [-0.1, -0.05) is 6.07 Å². The van der Waals surface area contributed by atoms with Gasteiger partial charge in [0, 0.05) is 19.2 Å². The lowest BCUT2D eigenvalue weighted by atomic mass is 10.2. The summed E-state index contributed by atoms with van der Waals surface area (Å²) in [6.07, 6.45) is 0. The van der Waals surface area contributed by atoms with Crippen LogP contribution in [0.3, 0.4) is 0 Å². The molecule has 0 aliphatic heterocycles. The second-order valence-corrected chi connectivity index (χ2v) is 3.87. The third-order valence-electron chi connectivity index (χ3n) is 2.49.